The topological polar surface area (TPSA) is 75.1 Å². The summed E-state index contributed by atoms with van der Waals surface area (Å²) in [4.78, 5) is 26.3. The van der Waals surface area contributed by atoms with Crippen LogP contribution in [0.25, 0.3) is 10.9 Å². The molecule has 0 spiro atoms. The summed E-state index contributed by atoms with van der Waals surface area (Å²) in [6.45, 7) is 1.44. The minimum Gasteiger partial charge on any atom is -0.392 e. The fourth-order valence-electron chi connectivity index (χ4n) is 1.69. The lowest BCUT2D eigenvalue weighted by Gasteiger charge is -2.08. The molecule has 2 N–H and O–H groups in total. The van der Waals surface area contributed by atoms with E-state index >= 15 is 0 Å². The number of nitrogens with zero attached hydrogens (tertiary/aromatic N) is 1. The summed E-state index contributed by atoms with van der Waals surface area (Å²) in [5, 5.41) is 9.79. The van der Waals surface area contributed by atoms with E-state index in [4.69, 9.17) is 11.6 Å². The first-order valence-electron chi connectivity index (χ1n) is 5.10. The van der Waals surface area contributed by atoms with Gasteiger partial charge in [0, 0.05) is 0 Å². The quantitative estimate of drug-likeness (QED) is 0.829. The maximum absolute atomic E-state index is 12.1. The average Bonchev–Trinajstić information content (AvgIpc) is 2.23. The molecule has 0 radical (unpaired) electrons. The maximum atomic E-state index is 12.1. The Balaban J connectivity index is 2.84. The van der Waals surface area contributed by atoms with Crippen molar-refractivity contribution in [1.82, 2.24) is 9.55 Å². The number of aromatic nitrogens is 2. The number of hydrogen-bond acceptors (Lipinski definition) is 3. The van der Waals surface area contributed by atoms with Gasteiger partial charge in [-0.15, -0.1) is 0 Å². The molecule has 0 aliphatic carbocycles. The third-order valence-electron chi connectivity index (χ3n) is 2.41. The number of halogens is 1. The van der Waals surface area contributed by atoms with Gasteiger partial charge in [0.15, 0.2) is 0 Å². The van der Waals surface area contributed by atoms with Crippen LogP contribution in [-0.2, 0) is 6.54 Å². The van der Waals surface area contributed by atoms with Crippen LogP contribution in [0, 0.1) is 0 Å². The summed E-state index contributed by atoms with van der Waals surface area (Å²) in [7, 11) is 0. The third-order valence-corrected chi connectivity index (χ3v) is 2.72. The van der Waals surface area contributed by atoms with Gasteiger partial charge in [-0.05, 0) is 19.1 Å². The van der Waals surface area contributed by atoms with Crippen molar-refractivity contribution in [2.24, 2.45) is 0 Å². The molecule has 0 saturated heterocycles. The molecule has 0 amide bonds. The van der Waals surface area contributed by atoms with E-state index < -0.39 is 17.4 Å². The number of fused-ring (bicyclic) bond motifs is 1. The molecular formula is C11H11ClN2O3. The second-order valence-corrected chi connectivity index (χ2v) is 4.26. The molecule has 0 aliphatic heterocycles. The molecular weight excluding hydrogens is 244 g/mol. The Kier molecular flexibility index (Phi) is 3.04. The highest BCUT2D eigenvalue weighted by atomic mass is 35.5. The van der Waals surface area contributed by atoms with Crippen molar-refractivity contribution in [3.05, 3.63) is 44.1 Å². The lowest BCUT2D eigenvalue weighted by atomic mass is 10.2. The van der Waals surface area contributed by atoms with Crippen LogP contribution in [0.5, 0.6) is 0 Å². The van der Waals surface area contributed by atoms with E-state index in [1.54, 1.807) is 18.2 Å². The zero-order valence-electron chi connectivity index (χ0n) is 9.11. The minimum atomic E-state index is -0.784. The predicted molar refractivity (Wildman–Crippen MR) is 65.5 cm³/mol. The molecule has 1 aromatic carbocycles. The number of rotatable bonds is 2. The van der Waals surface area contributed by atoms with Crippen LogP contribution in [0.2, 0.25) is 5.02 Å². The molecule has 0 aliphatic rings. The Bertz CT molecular complexity index is 672. The van der Waals surface area contributed by atoms with Crippen LogP contribution in [0.3, 0.4) is 0 Å². The van der Waals surface area contributed by atoms with Crippen molar-refractivity contribution in [3.63, 3.8) is 0 Å². The summed E-state index contributed by atoms with van der Waals surface area (Å²) in [6, 6.07) is 4.84. The Morgan fingerprint density at radius 3 is 2.82 bits per heavy atom. The van der Waals surface area contributed by atoms with Crippen molar-refractivity contribution in [1.29, 1.82) is 0 Å². The maximum Gasteiger partial charge on any atom is 0.328 e. The molecule has 1 aromatic heterocycles. The van der Waals surface area contributed by atoms with E-state index in [0.29, 0.717) is 5.52 Å². The first-order valence-corrected chi connectivity index (χ1v) is 5.48. The fourth-order valence-corrected chi connectivity index (χ4v) is 1.94. The van der Waals surface area contributed by atoms with E-state index in [2.05, 4.69) is 4.98 Å². The molecule has 5 nitrogen and oxygen atoms in total. The lowest BCUT2D eigenvalue weighted by Crippen LogP contribution is -2.37. The SMILES string of the molecule is CC(O)Cn1c(=O)[nH]c2cccc(Cl)c2c1=O. The van der Waals surface area contributed by atoms with Gasteiger partial charge in [0.05, 0.1) is 28.6 Å². The molecule has 2 rings (SSSR count). The second-order valence-electron chi connectivity index (χ2n) is 3.86. The predicted octanol–water partition coefficient (Wildman–Crippen LogP) is 0.724. The highest BCUT2D eigenvalue weighted by Gasteiger charge is 2.11. The molecule has 0 fully saturated rings. The van der Waals surface area contributed by atoms with Gasteiger partial charge in [-0.25, -0.2) is 4.79 Å². The number of H-pyrrole nitrogens is 1. The molecule has 1 heterocycles. The van der Waals surface area contributed by atoms with Crippen molar-refractivity contribution in [2.75, 3.05) is 0 Å². The Labute approximate surface area is 101 Å². The van der Waals surface area contributed by atoms with Gasteiger partial charge >= 0.3 is 5.69 Å². The van der Waals surface area contributed by atoms with Gasteiger partial charge in [0.1, 0.15) is 0 Å². The standard InChI is InChI=1S/C11H11ClN2O3/c1-6(15)5-14-10(16)9-7(12)3-2-4-8(9)13-11(14)17/h2-4,6,15H,5H2,1H3,(H,13,17). The smallest absolute Gasteiger partial charge is 0.328 e. The number of nitrogens with one attached hydrogen (secondary N) is 1. The van der Waals surface area contributed by atoms with E-state index in [-0.39, 0.29) is 17.0 Å². The van der Waals surface area contributed by atoms with E-state index in [0.717, 1.165) is 4.57 Å². The Morgan fingerprint density at radius 1 is 1.47 bits per heavy atom. The molecule has 90 valence electrons. The summed E-state index contributed by atoms with van der Waals surface area (Å²) in [6.07, 6.45) is -0.784. The minimum absolute atomic E-state index is 0.0602. The molecule has 6 heteroatoms. The van der Waals surface area contributed by atoms with Gasteiger partial charge in [0.2, 0.25) is 0 Å². The molecule has 17 heavy (non-hydrogen) atoms. The van der Waals surface area contributed by atoms with Crippen molar-refractivity contribution in [3.8, 4) is 0 Å². The van der Waals surface area contributed by atoms with Gasteiger partial charge < -0.3 is 10.1 Å². The Morgan fingerprint density at radius 2 is 2.18 bits per heavy atom. The number of benzene rings is 1. The van der Waals surface area contributed by atoms with Crippen LogP contribution >= 0.6 is 11.6 Å². The summed E-state index contributed by atoms with van der Waals surface area (Å²) >= 11 is 5.93. The van der Waals surface area contributed by atoms with Gasteiger partial charge in [-0.2, -0.15) is 0 Å². The molecule has 1 unspecified atom stereocenters. The number of aromatic amines is 1. The zero-order valence-corrected chi connectivity index (χ0v) is 9.86. The van der Waals surface area contributed by atoms with Gasteiger partial charge in [-0.3, -0.25) is 9.36 Å². The van der Waals surface area contributed by atoms with Crippen molar-refractivity contribution in [2.45, 2.75) is 19.6 Å². The summed E-state index contributed by atoms with van der Waals surface area (Å²) < 4.78 is 0.943. The second kappa shape index (κ2) is 4.35. The monoisotopic (exact) mass is 254 g/mol. The third kappa shape index (κ3) is 2.11. The number of hydrogen-bond donors (Lipinski definition) is 2. The molecule has 0 bridgehead atoms. The fraction of sp³-hybridized carbons (Fsp3) is 0.273. The van der Waals surface area contributed by atoms with Crippen LogP contribution in [0.1, 0.15) is 6.92 Å². The first kappa shape index (κ1) is 11.9. The van der Waals surface area contributed by atoms with Crippen LogP contribution in [-0.4, -0.2) is 20.8 Å². The lowest BCUT2D eigenvalue weighted by molar-refractivity contribution is 0.170. The average molecular weight is 255 g/mol. The largest absolute Gasteiger partial charge is 0.392 e. The first-order chi connectivity index (χ1) is 8.00. The Hall–Kier alpha value is -1.59. The summed E-state index contributed by atoms with van der Waals surface area (Å²) in [5.74, 6) is 0. The normalized spacial score (nSPS) is 12.9. The molecule has 1 atom stereocenters. The van der Waals surface area contributed by atoms with E-state index in [9.17, 15) is 14.7 Å². The van der Waals surface area contributed by atoms with Gasteiger partial charge in [0.25, 0.3) is 5.56 Å². The molecule has 2 aromatic rings. The van der Waals surface area contributed by atoms with E-state index in [1.807, 2.05) is 0 Å². The van der Waals surface area contributed by atoms with Crippen molar-refractivity contribution < 1.29 is 5.11 Å². The number of aliphatic hydroxyl groups is 1. The zero-order chi connectivity index (χ0) is 12.6. The number of aliphatic hydroxyl groups excluding tert-OH is 1. The van der Waals surface area contributed by atoms with Crippen LogP contribution in [0.4, 0.5) is 0 Å². The van der Waals surface area contributed by atoms with Gasteiger partial charge in [-0.1, -0.05) is 17.7 Å². The molecule has 0 saturated carbocycles. The summed E-state index contributed by atoms with van der Waals surface area (Å²) in [5.41, 5.74) is -0.643. The highest BCUT2D eigenvalue weighted by Crippen LogP contribution is 2.16. The van der Waals surface area contributed by atoms with Crippen molar-refractivity contribution >= 4 is 22.5 Å². The highest BCUT2D eigenvalue weighted by molar-refractivity contribution is 6.35. The van der Waals surface area contributed by atoms with Crippen LogP contribution < -0.4 is 11.2 Å². The van der Waals surface area contributed by atoms with Crippen LogP contribution in [0.15, 0.2) is 27.8 Å². The van der Waals surface area contributed by atoms with E-state index in [1.165, 1.54) is 6.92 Å².